The van der Waals surface area contributed by atoms with Crippen molar-refractivity contribution in [2.75, 3.05) is 7.11 Å². The first-order chi connectivity index (χ1) is 7.70. The van der Waals surface area contributed by atoms with Crippen molar-refractivity contribution in [1.29, 1.82) is 0 Å². The third-order valence-corrected chi connectivity index (χ3v) is 3.14. The molecule has 88 valence electrons. The summed E-state index contributed by atoms with van der Waals surface area (Å²) in [6.07, 6.45) is 3.19. The summed E-state index contributed by atoms with van der Waals surface area (Å²) in [6.45, 7) is 0. The molecule has 0 spiro atoms. The molecule has 16 heavy (non-hydrogen) atoms. The van der Waals surface area contributed by atoms with E-state index in [0.29, 0.717) is 12.3 Å². The largest absolute Gasteiger partial charge is 0.380 e. The van der Waals surface area contributed by atoms with Crippen molar-refractivity contribution >= 4 is 0 Å². The molecule has 0 saturated heterocycles. The second kappa shape index (κ2) is 4.93. The molecule has 1 fully saturated rings. The van der Waals surface area contributed by atoms with E-state index in [1.807, 2.05) is 6.07 Å². The van der Waals surface area contributed by atoms with E-state index in [0.717, 1.165) is 5.56 Å². The molecule has 1 aromatic carbocycles. The van der Waals surface area contributed by atoms with Crippen molar-refractivity contribution in [2.24, 2.45) is 11.7 Å². The quantitative estimate of drug-likeness (QED) is 0.830. The fourth-order valence-corrected chi connectivity index (χ4v) is 2.19. The highest BCUT2D eigenvalue weighted by Crippen LogP contribution is 2.35. The van der Waals surface area contributed by atoms with E-state index in [9.17, 15) is 4.39 Å². The number of ether oxygens (including phenoxy) is 1. The highest BCUT2D eigenvalue weighted by Gasteiger charge is 2.35. The van der Waals surface area contributed by atoms with Gasteiger partial charge in [-0.2, -0.15) is 0 Å². The van der Waals surface area contributed by atoms with E-state index in [-0.39, 0.29) is 18.0 Å². The van der Waals surface area contributed by atoms with Crippen molar-refractivity contribution in [2.45, 2.75) is 31.4 Å². The molecule has 0 amide bonds. The fraction of sp³-hybridized carbons (Fsp3) is 0.538. The first-order valence-electron chi connectivity index (χ1n) is 5.73. The topological polar surface area (TPSA) is 35.2 Å². The predicted octanol–water partition coefficient (Wildman–Crippen LogP) is 2.12. The van der Waals surface area contributed by atoms with Gasteiger partial charge in [0.1, 0.15) is 5.82 Å². The average Bonchev–Trinajstić information content (AvgIpc) is 3.03. The molecular formula is C13H18FNO. The van der Waals surface area contributed by atoms with Gasteiger partial charge in [-0.25, -0.2) is 4.39 Å². The second-order valence-corrected chi connectivity index (χ2v) is 4.54. The monoisotopic (exact) mass is 223 g/mol. The number of nitrogens with two attached hydrogens (primary N) is 1. The van der Waals surface area contributed by atoms with Crippen LogP contribution in [-0.4, -0.2) is 19.3 Å². The summed E-state index contributed by atoms with van der Waals surface area (Å²) in [5.41, 5.74) is 7.04. The van der Waals surface area contributed by atoms with Crippen LogP contribution in [0, 0.1) is 11.7 Å². The van der Waals surface area contributed by atoms with Crippen molar-refractivity contribution in [3.63, 3.8) is 0 Å². The van der Waals surface area contributed by atoms with Crippen LogP contribution < -0.4 is 5.73 Å². The molecular weight excluding hydrogens is 205 g/mol. The first kappa shape index (κ1) is 11.6. The summed E-state index contributed by atoms with van der Waals surface area (Å²) < 4.78 is 18.4. The van der Waals surface area contributed by atoms with Crippen molar-refractivity contribution in [3.8, 4) is 0 Å². The van der Waals surface area contributed by atoms with Gasteiger partial charge in [0.05, 0.1) is 6.10 Å². The van der Waals surface area contributed by atoms with Crippen LogP contribution in [0.15, 0.2) is 24.3 Å². The van der Waals surface area contributed by atoms with Gasteiger partial charge < -0.3 is 10.5 Å². The number of halogens is 1. The van der Waals surface area contributed by atoms with Crippen molar-refractivity contribution < 1.29 is 9.13 Å². The van der Waals surface area contributed by atoms with Gasteiger partial charge in [0.25, 0.3) is 0 Å². The maximum absolute atomic E-state index is 13.0. The van der Waals surface area contributed by atoms with Crippen LogP contribution in [0.2, 0.25) is 0 Å². The third-order valence-electron chi connectivity index (χ3n) is 3.14. The van der Waals surface area contributed by atoms with Crippen LogP contribution in [0.4, 0.5) is 4.39 Å². The lowest BCUT2D eigenvalue weighted by Crippen LogP contribution is -2.39. The molecule has 2 atom stereocenters. The van der Waals surface area contributed by atoms with E-state index >= 15 is 0 Å². The fourth-order valence-electron chi connectivity index (χ4n) is 2.19. The molecule has 1 saturated carbocycles. The molecule has 2 nitrogen and oxygen atoms in total. The Morgan fingerprint density at radius 3 is 2.81 bits per heavy atom. The minimum absolute atomic E-state index is 0.0423. The predicted molar refractivity (Wildman–Crippen MR) is 61.6 cm³/mol. The maximum Gasteiger partial charge on any atom is 0.123 e. The zero-order chi connectivity index (χ0) is 11.5. The van der Waals surface area contributed by atoms with Gasteiger partial charge in [-0.3, -0.25) is 0 Å². The van der Waals surface area contributed by atoms with Crippen LogP contribution >= 0.6 is 0 Å². The number of benzene rings is 1. The van der Waals surface area contributed by atoms with E-state index in [2.05, 4.69) is 0 Å². The number of hydrogen-bond acceptors (Lipinski definition) is 2. The molecule has 1 aliphatic rings. The smallest absolute Gasteiger partial charge is 0.123 e. The Balaban J connectivity index is 1.97. The molecule has 3 heteroatoms. The molecule has 1 aliphatic carbocycles. The maximum atomic E-state index is 13.0. The zero-order valence-corrected chi connectivity index (χ0v) is 9.53. The summed E-state index contributed by atoms with van der Waals surface area (Å²) in [5, 5.41) is 0. The van der Waals surface area contributed by atoms with Crippen LogP contribution in [-0.2, 0) is 11.2 Å². The summed E-state index contributed by atoms with van der Waals surface area (Å²) in [6, 6.07) is 6.57. The lowest BCUT2D eigenvalue weighted by molar-refractivity contribution is 0.0626. The summed E-state index contributed by atoms with van der Waals surface area (Å²) in [4.78, 5) is 0. The molecule has 1 aromatic rings. The van der Waals surface area contributed by atoms with Gasteiger partial charge >= 0.3 is 0 Å². The Kier molecular flexibility index (Phi) is 3.56. The Labute approximate surface area is 95.6 Å². The Bertz CT molecular complexity index is 352. The zero-order valence-electron chi connectivity index (χ0n) is 9.53. The summed E-state index contributed by atoms with van der Waals surface area (Å²) in [5.74, 6) is 0.402. The average molecular weight is 223 g/mol. The molecule has 0 heterocycles. The molecule has 0 aliphatic heterocycles. The van der Waals surface area contributed by atoms with Crippen molar-refractivity contribution in [3.05, 3.63) is 35.6 Å². The number of hydrogen-bond donors (Lipinski definition) is 1. The second-order valence-electron chi connectivity index (χ2n) is 4.54. The number of methoxy groups -OCH3 is 1. The lowest BCUT2D eigenvalue weighted by atomic mass is 9.99. The highest BCUT2D eigenvalue weighted by molar-refractivity contribution is 5.18. The SMILES string of the molecule is COC(C(N)Cc1cccc(F)c1)C1CC1. The standard InChI is InChI=1S/C13H18FNO/c1-16-13(10-5-6-10)12(15)8-9-3-2-4-11(14)7-9/h2-4,7,10,12-13H,5-6,8,15H2,1H3. The normalized spacial score (nSPS) is 19.4. The highest BCUT2D eigenvalue weighted by atomic mass is 19.1. The minimum Gasteiger partial charge on any atom is -0.380 e. The van der Waals surface area contributed by atoms with E-state index < -0.39 is 0 Å². The first-order valence-corrected chi connectivity index (χ1v) is 5.73. The molecule has 2 N–H and O–H groups in total. The third kappa shape index (κ3) is 2.80. The van der Waals surface area contributed by atoms with Gasteiger partial charge in [-0.1, -0.05) is 12.1 Å². The minimum atomic E-state index is -0.204. The van der Waals surface area contributed by atoms with Crippen molar-refractivity contribution in [1.82, 2.24) is 0 Å². The molecule has 0 bridgehead atoms. The van der Waals surface area contributed by atoms with Gasteiger partial charge in [0.2, 0.25) is 0 Å². The Hall–Kier alpha value is -0.930. The summed E-state index contributed by atoms with van der Waals surface area (Å²) >= 11 is 0. The van der Waals surface area contributed by atoms with Crippen LogP contribution in [0.25, 0.3) is 0 Å². The van der Waals surface area contributed by atoms with Crippen LogP contribution in [0.3, 0.4) is 0 Å². The van der Waals surface area contributed by atoms with E-state index in [4.69, 9.17) is 10.5 Å². The van der Waals surface area contributed by atoms with Gasteiger partial charge in [0.15, 0.2) is 0 Å². The molecule has 2 unspecified atom stereocenters. The lowest BCUT2D eigenvalue weighted by Gasteiger charge is -2.22. The van der Waals surface area contributed by atoms with E-state index in [1.165, 1.54) is 18.9 Å². The Morgan fingerprint density at radius 1 is 1.50 bits per heavy atom. The molecule has 0 aromatic heterocycles. The van der Waals surface area contributed by atoms with Gasteiger partial charge in [-0.05, 0) is 42.9 Å². The summed E-state index contributed by atoms with van der Waals surface area (Å²) in [7, 11) is 1.70. The molecule has 2 rings (SSSR count). The van der Waals surface area contributed by atoms with E-state index in [1.54, 1.807) is 19.2 Å². The Morgan fingerprint density at radius 2 is 2.25 bits per heavy atom. The molecule has 0 radical (unpaired) electrons. The van der Waals surface area contributed by atoms with Gasteiger partial charge in [0, 0.05) is 13.2 Å². The number of rotatable bonds is 5. The van der Waals surface area contributed by atoms with Crippen LogP contribution in [0.1, 0.15) is 18.4 Å². The van der Waals surface area contributed by atoms with Crippen LogP contribution in [0.5, 0.6) is 0 Å². The van der Waals surface area contributed by atoms with Gasteiger partial charge in [-0.15, -0.1) is 0 Å².